The molecule has 1 aromatic carbocycles. The number of rotatable bonds is 4. The second kappa shape index (κ2) is 6.19. The molecule has 0 aliphatic heterocycles. The summed E-state index contributed by atoms with van der Waals surface area (Å²) in [5, 5.41) is 2.91. The molecule has 4 heteroatoms. The summed E-state index contributed by atoms with van der Waals surface area (Å²) in [5.74, 6) is -0.201. The molecule has 2 N–H and O–H groups in total. The molecule has 0 aliphatic carbocycles. The van der Waals surface area contributed by atoms with E-state index in [1.807, 2.05) is 19.1 Å². The number of hydrogen-bond donors (Lipinski definition) is 2. The Bertz CT molecular complexity index is 624. The number of carbonyl (C=O) groups excluding carboxylic acids is 1. The van der Waals surface area contributed by atoms with Gasteiger partial charge >= 0.3 is 0 Å². The van der Waals surface area contributed by atoms with Crippen LogP contribution in [0.5, 0.6) is 0 Å². The van der Waals surface area contributed by atoms with Gasteiger partial charge in [-0.25, -0.2) is 0 Å². The summed E-state index contributed by atoms with van der Waals surface area (Å²) in [4.78, 5) is 25.5. The number of nitrogens with one attached hydrogen (secondary N) is 2. The van der Waals surface area contributed by atoms with E-state index in [0.29, 0.717) is 5.56 Å². The smallest absolute Gasteiger partial charge is 0.253 e. The van der Waals surface area contributed by atoms with Crippen LogP contribution in [0.1, 0.15) is 41.4 Å². The van der Waals surface area contributed by atoms with Crippen molar-refractivity contribution in [3.63, 3.8) is 0 Å². The average molecular weight is 270 g/mol. The second-order valence-electron chi connectivity index (χ2n) is 4.73. The van der Waals surface area contributed by atoms with Crippen LogP contribution in [-0.4, -0.2) is 10.9 Å². The number of amides is 1. The Labute approximate surface area is 117 Å². The van der Waals surface area contributed by atoms with Crippen molar-refractivity contribution in [3.8, 4) is 0 Å². The van der Waals surface area contributed by atoms with Crippen LogP contribution in [0.4, 0.5) is 0 Å². The monoisotopic (exact) mass is 270 g/mol. The van der Waals surface area contributed by atoms with Crippen LogP contribution in [0.3, 0.4) is 0 Å². The number of carbonyl (C=O) groups is 1. The van der Waals surface area contributed by atoms with Crippen LogP contribution in [0.25, 0.3) is 0 Å². The van der Waals surface area contributed by atoms with E-state index < -0.39 is 0 Å². The van der Waals surface area contributed by atoms with Crippen LogP contribution in [0.2, 0.25) is 0 Å². The first-order valence-electron chi connectivity index (χ1n) is 6.68. The van der Waals surface area contributed by atoms with Crippen molar-refractivity contribution in [1.29, 1.82) is 0 Å². The molecule has 2 rings (SSSR count). The molecule has 1 heterocycles. The van der Waals surface area contributed by atoms with Gasteiger partial charge in [-0.15, -0.1) is 0 Å². The van der Waals surface area contributed by atoms with E-state index in [1.165, 1.54) is 23.9 Å². The van der Waals surface area contributed by atoms with Crippen molar-refractivity contribution in [2.24, 2.45) is 0 Å². The van der Waals surface area contributed by atoms with Crippen molar-refractivity contribution >= 4 is 5.91 Å². The highest BCUT2D eigenvalue weighted by atomic mass is 16.2. The number of aryl methyl sites for hydroxylation is 1. The standard InChI is InChI=1S/C16H18N2O2/c1-3-12-4-6-13(7-5-12)11(2)18-16(20)14-8-9-15(19)17-10-14/h4-11H,3H2,1-2H3,(H,17,19)(H,18,20). The van der Waals surface area contributed by atoms with Gasteiger partial charge in [0.1, 0.15) is 0 Å². The first-order chi connectivity index (χ1) is 9.60. The maximum Gasteiger partial charge on any atom is 0.253 e. The molecule has 0 bridgehead atoms. The number of pyridine rings is 1. The molecular formula is C16H18N2O2. The molecule has 1 unspecified atom stereocenters. The number of H-pyrrole nitrogens is 1. The van der Waals surface area contributed by atoms with E-state index >= 15 is 0 Å². The summed E-state index contributed by atoms with van der Waals surface area (Å²) in [6, 6.07) is 11.0. The third kappa shape index (κ3) is 3.35. The molecule has 1 atom stereocenters. The Hall–Kier alpha value is -2.36. The third-order valence-electron chi connectivity index (χ3n) is 3.28. The fourth-order valence-electron chi connectivity index (χ4n) is 1.96. The molecule has 0 saturated carbocycles. The highest BCUT2D eigenvalue weighted by Gasteiger charge is 2.11. The summed E-state index contributed by atoms with van der Waals surface area (Å²) in [6.45, 7) is 4.04. The van der Waals surface area contributed by atoms with Gasteiger partial charge in [0.05, 0.1) is 11.6 Å². The number of aromatic amines is 1. The van der Waals surface area contributed by atoms with E-state index in [2.05, 4.69) is 29.4 Å². The lowest BCUT2D eigenvalue weighted by Crippen LogP contribution is -2.27. The van der Waals surface area contributed by atoms with E-state index in [1.54, 1.807) is 0 Å². The minimum absolute atomic E-state index is 0.0830. The van der Waals surface area contributed by atoms with Crippen LogP contribution in [-0.2, 0) is 6.42 Å². The SMILES string of the molecule is CCc1ccc(C(C)NC(=O)c2ccc(=O)[nH]c2)cc1. The molecule has 4 nitrogen and oxygen atoms in total. The number of hydrogen-bond acceptors (Lipinski definition) is 2. The Morgan fingerprint density at radius 2 is 1.90 bits per heavy atom. The van der Waals surface area contributed by atoms with Gasteiger partial charge in [0.2, 0.25) is 5.56 Å². The van der Waals surface area contributed by atoms with E-state index in [4.69, 9.17) is 0 Å². The highest BCUT2D eigenvalue weighted by Crippen LogP contribution is 2.14. The molecule has 104 valence electrons. The Morgan fingerprint density at radius 1 is 1.20 bits per heavy atom. The normalized spacial score (nSPS) is 11.9. The van der Waals surface area contributed by atoms with Crippen LogP contribution >= 0.6 is 0 Å². The Balaban J connectivity index is 2.06. The lowest BCUT2D eigenvalue weighted by Gasteiger charge is -2.14. The van der Waals surface area contributed by atoms with E-state index in [-0.39, 0.29) is 17.5 Å². The Kier molecular flexibility index (Phi) is 4.35. The molecule has 0 radical (unpaired) electrons. The van der Waals surface area contributed by atoms with Crippen molar-refractivity contribution in [3.05, 3.63) is 69.6 Å². The van der Waals surface area contributed by atoms with Gasteiger partial charge < -0.3 is 10.3 Å². The van der Waals surface area contributed by atoms with Crippen molar-refractivity contribution in [1.82, 2.24) is 10.3 Å². The number of benzene rings is 1. The lowest BCUT2D eigenvalue weighted by atomic mass is 10.0. The molecule has 1 amide bonds. The largest absolute Gasteiger partial charge is 0.345 e. The van der Waals surface area contributed by atoms with E-state index in [9.17, 15) is 9.59 Å². The first kappa shape index (κ1) is 14.1. The summed E-state index contributed by atoms with van der Waals surface area (Å²) < 4.78 is 0. The Morgan fingerprint density at radius 3 is 2.45 bits per heavy atom. The molecule has 0 spiro atoms. The van der Waals surface area contributed by atoms with Gasteiger partial charge in [0.15, 0.2) is 0 Å². The van der Waals surface area contributed by atoms with Crippen molar-refractivity contribution in [2.75, 3.05) is 0 Å². The molecule has 0 saturated heterocycles. The second-order valence-corrected chi connectivity index (χ2v) is 4.73. The van der Waals surface area contributed by atoms with Gasteiger partial charge in [-0.05, 0) is 30.5 Å². The summed E-state index contributed by atoms with van der Waals surface area (Å²) in [7, 11) is 0. The molecule has 2 aromatic rings. The molecule has 1 aromatic heterocycles. The van der Waals surface area contributed by atoms with Crippen LogP contribution in [0, 0.1) is 0 Å². The van der Waals surface area contributed by atoms with Crippen LogP contribution in [0.15, 0.2) is 47.4 Å². The van der Waals surface area contributed by atoms with Gasteiger partial charge in [-0.2, -0.15) is 0 Å². The minimum atomic E-state index is -0.218. The molecule has 20 heavy (non-hydrogen) atoms. The molecule has 0 aliphatic rings. The maximum absolute atomic E-state index is 12.0. The fraction of sp³-hybridized carbons (Fsp3) is 0.250. The minimum Gasteiger partial charge on any atom is -0.345 e. The quantitative estimate of drug-likeness (QED) is 0.896. The van der Waals surface area contributed by atoms with Gasteiger partial charge in [0, 0.05) is 12.3 Å². The van der Waals surface area contributed by atoms with Gasteiger partial charge in [-0.1, -0.05) is 31.2 Å². The first-order valence-corrected chi connectivity index (χ1v) is 6.68. The van der Waals surface area contributed by atoms with E-state index in [0.717, 1.165) is 12.0 Å². The molecule has 0 fully saturated rings. The third-order valence-corrected chi connectivity index (χ3v) is 3.28. The highest BCUT2D eigenvalue weighted by molar-refractivity contribution is 5.94. The summed E-state index contributed by atoms with van der Waals surface area (Å²) >= 11 is 0. The van der Waals surface area contributed by atoms with Gasteiger partial charge in [-0.3, -0.25) is 9.59 Å². The van der Waals surface area contributed by atoms with Gasteiger partial charge in [0.25, 0.3) is 5.91 Å². The van der Waals surface area contributed by atoms with Crippen LogP contribution < -0.4 is 10.9 Å². The predicted octanol–water partition coefficient (Wildman–Crippen LogP) is 2.43. The maximum atomic E-state index is 12.0. The van der Waals surface area contributed by atoms with Crippen molar-refractivity contribution in [2.45, 2.75) is 26.3 Å². The lowest BCUT2D eigenvalue weighted by molar-refractivity contribution is 0.0939. The predicted molar refractivity (Wildman–Crippen MR) is 78.8 cm³/mol. The zero-order valence-electron chi connectivity index (χ0n) is 11.6. The van der Waals surface area contributed by atoms with Crippen molar-refractivity contribution < 1.29 is 4.79 Å². The molecular weight excluding hydrogens is 252 g/mol. The topological polar surface area (TPSA) is 62.0 Å². The summed E-state index contributed by atoms with van der Waals surface area (Å²) in [6.07, 6.45) is 2.42. The number of aromatic nitrogens is 1. The summed E-state index contributed by atoms with van der Waals surface area (Å²) in [5.41, 5.74) is 2.55. The zero-order valence-corrected chi connectivity index (χ0v) is 11.6. The zero-order chi connectivity index (χ0) is 14.5. The average Bonchev–Trinajstić information content (AvgIpc) is 2.48. The fourth-order valence-corrected chi connectivity index (χ4v) is 1.96.